The summed E-state index contributed by atoms with van der Waals surface area (Å²) in [6, 6.07) is -0.403. The second kappa shape index (κ2) is 15.3. The number of nitrogens with two attached hydrogens (primary N) is 1. The Morgan fingerprint density at radius 3 is 1.68 bits per heavy atom. The van der Waals surface area contributed by atoms with Gasteiger partial charge in [0.25, 0.3) is 0 Å². The van der Waals surface area contributed by atoms with Crippen LogP contribution in [-0.4, -0.2) is 28.3 Å². The Bertz CT molecular complexity index is 259. The first-order valence-electron chi connectivity index (χ1n) is 9.23. The summed E-state index contributed by atoms with van der Waals surface area (Å²) in [5, 5.41) is 18.1. The first-order valence-corrected chi connectivity index (χ1v) is 9.23. The van der Waals surface area contributed by atoms with Crippen LogP contribution in [0, 0.1) is 0 Å². The van der Waals surface area contributed by atoms with Gasteiger partial charge in [0.2, 0.25) is 0 Å². The molecule has 4 nitrogen and oxygen atoms in total. The van der Waals surface area contributed by atoms with Crippen LogP contribution < -0.4 is 5.73 Å². The smallest absolute Gasteiger partial charge is 0.306 e. The van der Waals surface area contributed by atoms with Gasteiger partial charge in [0.15, 0.2) is 0 Å². The highest BCUT2D eigenvalue weighted by Crippen LogP contribution is 2.13. The molecule has 0 saturated heterocycles. The van der Waals surface area contributed by atoms with E-state index in [2.05, 4.69) is 6.92 Å². The molecule has 22 heavy (non-hydrogen) atoms. The van der Waals surface area contributed by atoms with Crippen molar-refractivity contribution in [2.45, 2.75) is 109 Å². The van der Waals surface area contributed by atoms with Crippen LogP contribution in [0.15, 0.2) is 0 Å². The molecule has 0 amide bonds. The molecule has 0 aromatic rings. The molecule has 0 heterocycles. The van der Waals surface area contributed by atoms with Crippen molar-refractivity contribution in [2.75, 3.05) is 0 Å². The Morgan fingerprint density at radius 2 is 1.27 bits per heavy atom. The summed E-state index contributed by atoms with van der Waals surface area (Å²) in [6.45, 7) is 2.25. The summed E-state index contributed by atoms with van der Waals surface area (Å²) in [7, 11) is 0. The van der Waals surface area contributed by atoms with E-state index in [-0.39, 0.29) is 6.42 Å². The van der Waals surface area contributed by atoms with E-state index in [0.717, 1.165) is 12.8 Å². The maximum absolute atomic E-state index is 10.5. The number of carbonyl (C=O) groups is 1. The van der Waals surface area contributed by atoms with E-state index in [1.165, 1.54) is 64.2 Å². The van der Waals surface area contributed by atoms with Crippen LogP contribution in [-0.2, 0) is 4.79 Å². The van der Waals surface area contributed by atoms with Gasteiger partial charge in [0.05, 0.1) is 12.5 Å². The fraction of sp³-hybridized carbons (Fsp3) is 0.944. The Balaban J connectivity index is 3.24. The van der Waals surface area contributed by atoms with Gasteiger partial charge in [-0.1, -0.05) is 84.0 Å². The maximum atomic E-state index is 10.5. The summed E-state index contributed by atoms with van der Waals surface area (Å²) in [6.07, 6.45) is 15.1. The normalized spacial score (nSPS) is 14.0. The van der Waals surface area contributed by atoms with Crippen molar-refractivity contribution >= 4 is 5.97 Å². The van der Waals surface area contributed by atoms with E-state index in [0.29, 0.717) is 6.42 Å². The number of aliphatic hydroxyl groups excluding tert-OH is 1. The second-order valence-electron chi connectivity index (χ2n) is 6.51. The fourth-order valence-corrected chi connectivity index (χ4v) is 2.74. The van der Waals surface area contributed by atoms with Crippen LogP contribution in [0.1, 0.15) is 96.8 Å². The molecule has 2 atom stereocenters. The molecule has 0 spiro atoms. The number of rotatable bonds is 16. The topological polar surface area (TPSA) is 83.5 Å². The molecule has 0 aliphatic carbocycles. The molecular formula is C18H37NO3. The van der Waals surface area contributed by atoms with Crippen LogP contribution in [0.25, 0.3) is 0 Å². The Morgan fingerprint density at radius 1 is 0.864 bits per heavy atom. The summed E-state index contributed by atoms with van der Waals surface area (Å²) < 4.78 is 0. The minimum Gasteiger partial charge on any atom is -0.481 e. The largest absolute Gasteiger partial charge is 0.481 e. The van der Waals surface area contributed by atoms with Crippen LogP contribution in [0.3, 0.4) is 0 Å². The average Bonchev–Trinajstić information content (AvgIpc) is 2.47. The molecule has 1 unspecified atom stereocenters. The molecule has 0 rings (SSSR count). The molecule has 0 saturated carbocycles. The van der Waals surface area contributed by atoms with Gasteiger partial charge in [-0.05, 0) is 6.42 Å². The van der Waals surface area contributed by atoms with Crippen LogP contribution in [0.4, 0.5) is 0 Å². The zero-order chi connectivity index (χ0) is 16.6. The molecule has 4 N–H and O–H groups in total. The van der Waals surface area contributed by atoms with Gasteiger partial charge in [-0.15, -0.1) is 0 Å². The monoisotopic (exact) mass is 315 g/mol. The molecular weight excluding hydrogens is 278 g/mol. The summed E-state index contributed by atoms with van der Waals surface area (Å²) in [4.78, 5) is 10.5. The van der Waals surface area contributed by atoms with Gasteiger partial charge in [-0.2, -0.15) is 0 Å². The number of unbranched alkanes of at least 4 members (excludes halogenated alkanes) is 11. The van der Waals surface area contributed by atoms with E-state index in [4.69, 9.17) is 10.8 Å². The molecule has 0 aliphatic heterocycles. The molecule has 0 bridgehead atoms. The van der Waals surface area contributed by atoms with Crippen molar-refractivity contribution in [3.63, 3.8) is 0 Å². The Hall–Kier alpha value is -0.610. The predicted octanol–water partition coefficient (Wildman–Crippen LogP) is 4.24. The van der Waals surface area contributed by atoms with Gasteiger partial charge in [0, 0.05) is 6.04 Å². The molecule has 0 aliphatic rings. The molecule has 0 aromatic carbocycles. The van der Waals surface area contributed by atoms with Gasteiger partial charge in [0.1, 0.15) is 0 Å². The molecule has 132 valence electrons. The number of hydrogen-bond donors (Lipinski definition) is 3. The second-order valence-corrected chi connectivity index (χ2v) is 6.51. The van der Waals surface area contributed by atoms with Crippen LogP contribution in [0.5, 0.6) is 0 Å². The maximum Gasteiger partial charge on any atom is 0.306 e. The lowest BCUT2D eigenvalue weighted by Crippen LogP contribution is -2.36. The molecule has 0 fully saturated rings. The highest BCUT2D eigenvalue weighted by atomic mass is 16.4. The van der Waals surface area contributed by atoms with E-state index >= 15 is 0 Å². The van der Waals surface area contributed by atoms with E-state index < -0.39 is 18.1 Å². The van der Waals surface area contributed by atoms with Crippen molar-refractivity contribution in [2.24, 2.45) is 5.73 Å². The zero-order valence-electron chi connectivity index (χ0n) is 14.4. The number of aliphatic hydroxyl groups is 1. The first kappa shape index (κ1) is 21.4. The van der Waals surface area contributed by atoms with Crippen LogP contribution in [0.2, 0.25) is 0 Å². The quantitative estimate of drug-likeness (QED) is 0.372. The van der Waals surface area contributed by atoms with Crippen LogP contribution >= 0.6 is 0 Å². The summed E-state index contributed by atoms with van der Waals surface area (Å²) in [5.74, 6) is -0.988. The van der Waals surface area contributed by atoms with Crippen molar-refractivity contribution < 1.29 is 15.0 Å². The molecule has 0 aromatic heterocycles. The Kier molecular flexibility index (Phi) is 14.9. The van der Waals surface area contributed by atoms with Gasteiger partial charge in [-0.25, -0.2) is 0 Å². The Labute approximate surface area is 136 Å². The third kappa shape index (κ3) is 14.3. The van der Waals surface area contributed by atoms with Crippen molar-refractivity contribution in [1.29, 1.82) is 0 Å². The van der Waals surface area contributed by atoms with Crippen molar-refractivity contribution in [3.05, 3.63) is 0 Å². The lowest BCUT2D eigenvalue weighted by atomic mass is 10.0. The van der Waals surface area contributed by atoms with E-state index in [9.17, 15) is 9.90 Å². The number of hydrogen-bond acceptors (Lipinski definition) is 3. The lowest BCUT2D eigenvalue weighted by Gasteiger charge is -2.16. The zero-order valence-corrected chi connectivity index (χ0v) is 14.4. The fourth-order valence-electron chi connectivity index (χ4n) is 2.74. The minimum atomic E-state index is -0.988. The van der Waals surface area contributed by atoms with E-state index in [1.54, 1.807) is 0 Å². The third-order valence-corrected chi connectivity index (χ3v) is 4.27. The predicted molar refractivity (Wildman–Crippen MR) is 91.9 cm³/mol. The average molecular weight is 315 g/mol. The highest BCUT2D eigenvalue weighted by molar-refractivity contribution is 5.67. The SMILES string of the molecule is CCCCCCCCCCCCCCC(N)[C@@H](O)CC(=O)O. The standard InChI is InChI=1S/C18H37NO3/c1-2-3-4-5-6-7-8-9-10-11-12-13-14-16(19)17(20)15-18(21)22/h16-17,20H,2-15,19H2,1H3,(H,21,22)/t16?,17-/m0/s1. The molecule has 0 radical (unpaired) electrons. The summed E-state index contributed by atoms with van der Waals surface area (Å²) in [5.41, 5.74) is 5.78. The minimum absolute atomic E-state index is 0.251. The number of carboxylic acids is 1. The third-order valence-electron chi connectivity index (χ3n) is 4.27. The number of aliphatic carboxylic acids is 1. The van der Waals surface area contributed by atoms with Crippen molar-refractivity contribution in [3.8, 4) is 0 Å². The summed E-state index contributed by atoms with van der Waals surface area (Å²) >= 11 is 0. The van der Waals surface area contributed by atoms with Gasteiger partial charge >= 0.3 is 5.97 Å². The molecule has 4 heteroatoms. The first-order chi connectivity index (χ1) is 10.6. The van der Waals surface area contributed by atoms with Crippen molar-refractivity contribution in [1.82, 2.24) is 0 Å². The lowest BCUT2D eigenvalue weighted by molar-refractivity contribution is -0.139. The number of carboxylic acid groups (broad SMARTS) is 1. The highest BCUT2D eigenvalue weighted by Gasteiger charge is 2.17. The van der Waals surface area contributed by atoms with E-state index in [1.807, 2.05) is 0 Å². The van der Waals surface area contributed by atoms with Gasteiger partial charge in [-0.3, -0.25) is 4.79 Å². The van der Waals surface area contributed by atoms with Gasteiger partial charge < -0.3 is 15.9 Å².